The Bertz CT molecular complexity index is 787. The highest BCUT2D eigenvalue weighted by Crippen LogP contribution is 2.17. The highest BCUT2D eigenvalue weighted by Gasteiger charge is 2.06. The Morgan fingerprint density at radius 3 is 2.44 bits per heavy atom. The van der Waals surface area contributed by atoms with Crippen LogP contribution in [0.5, 0.6) is 0 Å². The maximum absolute atomic E-state index is 12.2. The predicted molar refractivity (Wildman–Crippen MR) is 112 cm³/mol. The molecule has 0 aliphatic rings. The predicted octanol–water partition coefficient (Wildman–Crippen LogP) is 4.87. The molecule has 2 aromatic rings. The number of rotatable bonds is 9. The molecule has 5 nitrogen and oxygen atoms in total. The number of hydrogen-bond acceptors (Lipinski definition) is 3. The number of aryl methyl sites for hydroxylation is 2. The number of benzene rings is 2. The number of unbranched alkanes of at least 4 members (excludes halogenated alkanes) is 2. The molecule has 0 saturated carbocycles. The number of carbonyl (C=O) groups excluding carboxylic acids is 2. The molecule has 0 spiro atoms. The molecule has 0 saturated heterocycles. The van der Waals surface area contributed by atoms with Gasteiger partial charge in [0.2, 0.25) is 11.8 Å². The van der Waals surface area contributed by atoms with E-state index in [4.69, 9.17) is 0 Å². The third kappa shape index (κ3) is 7.13. The van der Waals surface area contributed by atoms with Crippen molar-refractivity contribution < 1.29 is 9.59 Å². The van der Waals surface area contributed by atoms with Crippen molar-refractivity contribution in [2.45, 2.75) is 46.5 Å². The molecular formula is C22H29N3O2. The molecule has 0 heterocycles. The van der Waals surface area contributed by atoms with E-state index in [-0.39, 0.29) is 18.4 Å². The van der Waals surface area contributed by atoms with Crippen LogP contribution in [0.2, 0.25) is 0 Å². The molecule has 0 radical (unpaired) electrons. The van der Waals surface area contributed by atoms with E-state index >= 15 is 0 Å². The second kappa shape index (κ2) is 10.4. The van der Waals surface area contributed by atoms with Gasteiger partial charge in [-0.2, -0.15) is 0 Å². The van der Waals surface area contributed by atoms with Crippen molar-refractivity contribution in [3.05, 3.63) is 53.6 Å². The van der Waals surface area contributed by atoms with Gasteiger partial charge in [-0.05, 0) is 55.7 Å². The zero-order valence-electron chi connectivity index (χ0n) is 16.4. The van der Waals surface area contributed by atoms with Crippen molar-refractivity contribution in [1.82, 2.24) is 0 Å². The monoisotopic (exact) mass is 367 g/mol. The summed E-state index contributed by atoms with van der Waals surface area (Å²) in [5, 5.41) is 8.93. The van der Waals surface area contributed by atoms with Gasteiger partial charge in [-0.1, -0.05) is 38.0 Å². The van der Waals surface area contributed by atoms with Crippen molar-refractivity contribution in [1.29, 1.82) is 0 Å². The molecule has 0 aliphatic heterocycles. The Labute approximate surface area is 161 Å². The molecule has 0 atom stereocenters. The van der Waals surface area contributed by atoms with Crippen LogP contribution in [0.3, 0.4) is 0 Å². The van der Waals surface area contributed by atoms with Gasteiger partial charge in [0.15, 0.2) is 0 Å². The normalized spacial score (nSPS) is 10.3. The highest BCUT2D eigenvalue weighted by molar-refractivity contribution is 5.95. The maximum atomic E-state index is 12.2. The topological polar surface area (TPSA) is 70.2 Å². The lowest BCUT2D eigenvalue weighted by Crippen LogP contribution is -2.22. The van der Waals surface area contributed by atoms with Gasteiger partial charge in [0, 0.05) is 23.5 Å². The summed E-state index contributed by atoms with van der Waals surface area (Å²) < 4.78 is 0. The van der Waals surface area contributed by atoms with Gasteiger partial charge < -0.3 is 16.0 Å². The molecule has 2 aromatic carbocycles. The van der Waals surface area contributed by atoms with Crippen LogP contribution in [-0.2, 0) is 9.59 Å². The molecular weight excluding hydrogens is 338 g/mol. The van der Waals surface area contributed by atoms with E-state index < -0.39 is 0 Å². The molecule has 0 fully saturated rings. The second-order valence-electron chi connectivity index (χ2n) is 6.81. The average molecular weight is 367 g/mol. The first-order chi connectivity index (χ1) is 13.0. The lowest BCUT2D eigenvalue weighted by atomic mass is 10.1. The van der Waals surface area contributed by atoms with Crippen molar-refractivity contribution >= 4 is 28.9 Å². The molecule has 0 unspecified atom stereocenters. The van der Waals surface area contributed by atoms with Crippen LogP contribution < -0.4 is 16.0 Å². The lowest BCUT2D eigenvalue weighted by molar-refractivity contribution is -0.116. The number of nitrogens with one attached hydrogen (secondary N) is 3. The van der Waals surface area contributed by atoms with E-state index in [0.717, 1.165) is 47.5 Å². The SMILES string of the molecule is CCCCCC(=O)Nc1cccc(NCC(=O)Nc2cc(C)ccc2C)c1. The van der Waals surface area contributed by atoms with E-state index in [9.17, 15) is 9.59 Å². The summed E-state index contributed by atoms with van der Waals surface area (Å²) >= 11 is 0. The van der Waals surface area contributed by atoms with E-state index in [1.54, 1.807) is 0 Å². The molecule has 3 N–H and O–H groups in total. The van der Waals surface area contributed by atoms with Gasteiger partial charge in [-0.25, -0.2) is 0 Å². The summed E-state index contributed by atoms with van der Waals surface area (Å²) in [6.45, 7) is 6.23. The highest BCUT2D eigenvalue weighted by atomic mass is 16.2. The number of amides is 2. The summed E-state index contributed by atoms with van der Waals surface area (Å²) in [6, 6.07) is 13.4. The van der Waals surface area contributed by atoms with E-state index in [0.29, 0.717) is 6.42 Å². The third-order valence-electron chi connectivity index (χ3n) is 4.27. The molecule has 2 rings (SSSR count). The largest absolute Gasteiger partial charge is 0.376 e. The first kappa shape index (κ1) is 20.5. The fraction of sp³-hybridized carbons (Fsp3) is 0.364. The summed E-state index contributed by atoms with van der Waals surface area (Å²) in [5.74, 6) is -0.0917. The van der Waals surface area contributed by atoms with Gasteiger partial charge >= 0.3 is 0 Å². The van der Waals surface area contributed by atoms with Gasteiger partial charge in [0.25, 0.3) is 0 Å². The quantitative estimate of drug-likeness (QED) is 0.554. The first-order valence-electron chi connectivity index (χ1n) is 9.49. The standard InChI is InChI=1S/C22H29N3O2/c1-4-5-6-10-21(26)24-19-9-7-8-18(14-19)23-15-22(27)25-20-13-16(2)11-12-17(20)3/h7-9,11-14,23H,4-6,10,15H2,1-3H3,(H,24,26)(H,25,27). The zero-order chi connectivity index (χ0) is 19.6. The summed E-state index contributed by atoms with van der Waals surface area (Å²) in [7, 11) is 0. The fourth-order valence-corrected chi connectivity index (χ4v) is 2.71. The van der Waals surface area contributed by atoms with Crippen LogP contribution in [0.4, 0.5) is 17.1 Å². The Kier molecular flexibility index (Phi) is 7.86. The molecule has 2 amide bonds. The summed E-state index contributed by atoms with van der Waals surface area (Å²) in [6.07, 6.45) is 3.59. The minimum absolute atomic E-state index is 0.0215. The molecule has 0 aromatic heterocycles. The second-order valence-corrected chi connectivity index (χ2v) is 6.81. The number of carbonyl (C=O) groups is 2. The summed E-state index contributed by atoms with van der Waals surface area (Å²) in [4.78, 5) is 24.1. The van der Waals surface area contributed by atoms with Gasteiger partial charge in [0.05, 0.1) is 6.54 Å². The molecule has 144 valence electrons. The lowest BCUT2D eigenvalue weighted by Gasteiger charge is -2.12. The van der Waals surface area contributed by atoms with Crippen LogP contribution in [0.1, 0.15) is 43.7 Å². The van der Waals surface area contributed by atoms with Crippen molar-refractivity contribution in [3.63, 3.8) is 0 Å². The molecule has 27 heavy (non-hydrogen) atoms. The van der Waals surface area contributed by atoms with Crippen LogP contribution >= 0.6 is 0 Å². The van der Waals surface area contributed by atoms with Crippen LogP contribution in [-0.4, -0.2) is 18.4 Å². The van der Waals surface area contributed by atoms with Gasteiger partial charge in [0.1, 0.15) is 0 Å². The van der Waals surface area contributed by atoms with Crippen LogP contribution in [0.25, 0.3) is 0 Å². The minimum Gasteiger partial charge on any atom is -0.376 e. The Morgan fingerprint density at radius 1 is 0.889 bits per heavy atom. The molecule has 0 aliphatic carbocycles. The van der Waals surface area contributed by atoms with Crippen LogP contribution in [0.15, 0.2) is 42.5 Å². The van der Waals surface area contributed by atoms with Crippen molar-refractivity contribution in [2.75, 3.05) is 22.5 Å². The Balaban J connectivity index is 1.85. The third-order valence-corrected chi connectivity index (χ3v) is 4.27. The van der Waals surface area contributed by atoms with Crippen molar-refractivity contribution in [2.24, 2.45) is 0 Å². The average Bonchev–Trinajstić information content (AvgIpc) is 2.63. The van der Waals surface area contributed by atoms with Crippen molar-refractivity contribution in [3.8, 4) is 0 Å². The van der Waals surface area contributed by atoms with E-state index in [1.807, 2.05) is 56.3 Å². The van der Waals surface area contributed by atoms with E-state index in [2.05, 4.69) is 22.9 Å². The maximum Gasteiger partial charge on any atom is 0.243 e. The van der Waals surface area contributed by atoms with E-state index in [1.165, 1.54) is 0 Å². The minimum atomic E-state index is -0.113. The molecule has 5 heteroatoms. The molecule has 0 bridgehead atoms. The van der Waals surface area contributed by atoms with Gasteiger partial charge in [-0.15, -0.1) is 0 Å². The first-order valence-corrected chi connectivity index (χ1v) is 9.49. The smallest absolute Gasteiger partial charge is 0.243 e. The van der Waals surface area contributed by atoms with Crippen LogP contribution in [0, 0.1) is 13.8 Å². The zero-order valence-corrected chi connectivity index (χ0v) is 16.4. The van der Waals surface area contributed by atoms with Gasteiger partial charge in [-0.3, -0.25) is 9.59 Å². The Morgan fingerprint density at radius 2 is 1.67 bits per heavy atom. The number of hydrogen-bond donors (Lipinski definition) is 3. The number of anilines is 3. The fourth-order valence-electron chi connectivity index (χ4n) is 2.71. The summed E-state index contributed by atoms with van der Waals surface area (Å²) in [5.41, 5.74) is 4.48. The Hall–Kier alpha value is -2.82.